The maximum atomic E-state index is 13.5. The Labute approximate surface area is 214 Å². The highest BCUT2D eigenvalue weighted by Gasteiger charge is 2.34. The molecule has 37 heavy (non-hydrogen) atoms. The summed E-state index contributed by atoms with van der Waals surface area (Å²) in [6.45, 7) is 0. The zero-order valence-electron chi connectivity index (χ0n) is 20.0. The van der Waals surface area contributed by atoms with Crippen LogP contribution in [0.2, 0.25) is 0 Å². The monoisotopic (exact) mass is 485 g/mol. The van der Waals surface area contributed by atoms with Crippen LogP contribution in [0.5, 0.6) is 5.75 Å². The number of imide groups is 1. The molecule has 180 valence electrons. The Hall–Kier alpha value is -4.77. The summed E-state index contributed by atoms with van der Waals surface area (Å²) in [6.07, 6.45) is 7.66. The molecule has 0 atom stereocenters. The molecule has 1 aliphatic carbocycles. The molecule has 0 spiro atoms. The third kappa shape index (κ3) is 4.15. The fourth-order valence-electron chi connectivity index (χ4n) is 4.97. The number of allylic oxidation sites excluding steroid dienone is 3. The van der Waals surface area contributed by atoms with Crippen molar-refractivity contribution in [2.75, 3.05) is 4.90 Å². The first-order valence-corrected chi connectivity index (χ1v) is 12.3. The second-order valence-corrected chi connectivity index (χ2v) is 9.14. The van der Waals surface area contributed by atoms with Crippen LogP contribution in [0.15, 0.2) is 109 Å². The number of anilines is 1. The molecule has 0 aromatic heterocycles. The fourth-order valence-corrected chi connectivity index (χ4v) is 4.97. The number of esters is 1. The van der Waals surface area contributed by atoms with Crippen molar-refractivity contribution in [2.45, 2.75) is 19.3 Å². The Balaban J connectivity index is 1.28. The predicted molar refractivity (Wildman–Crippen MR) is 143 cm³/mol. The van der Waals surface area contributed by atoms with Gasteiger partial charge in [-0.1, -0.05) is 66.8 Å². The average Bonchev–Trinajstić information content (AvgIpc) is 3.48. The van der Waals surface area contributed by atoms with Crippen molar-refractivity contribution in [3.8, 4) is 5.75 Å². The molecule has 0 saturated heterocycles. The number of rotatable bonds is 6. The van der Waals surface area contributed by atoms with E-state index in [1.807, 2.05) is 54.6 Å². The van der Waals surface area contributed by atoms with E-state index in [0.29, 0.717) is 39.9 Å². The van der Waals surface area contributed by atoms with Gasteiger partial charge in [-0.3, -0.25) is 9.59 Å². The Morgan fingerprint density at radius 1 is 0.784 bits per heavy atom. The maximum absolute atomic E-state index is 13.5. The van der Waals surface area contributed by atoms with Crippen LogP contribution in [-0.2, 0) is 17.6 Å². The van der Waals surface area contributed by atoms with Crippen LogP contribution < -0.4 is 9.64 Å². The van der Waals surface area contributed by atoms with Crippen LogP contribution in [0, 0.1) is 0 Å². The van der Waals surface area contributed by atoms with Crippen molar-refractivity contribution in [2.24, 2.45) is 0 Å². The standard InChI is InChI=1S/C32H23NO4/c34-30-27-12-6-11-26-22(14-13-21-7-2-1-3-8-21)15-20-28(29(26)27)31(35)33(30)24-16-18-25(19-17-24)37-32(36)23-9-4-5-10-23/h1-9,11-12,15-20H,10,13-14H2. The van der Waals surface area contributed by atoms with Crippen molar-refractivity contribution >= 4 is 34.2 Å². The lowest BCUT2D eigenvalue weighted by Gasteiger charge is -2.28. The quantitative estimate of drug-likeness (QED) is 0.185. The summed E-state index contributed by atoms with van der Waals surface area (Å²) in [7, 11) is 0. The van der Waals surface area contributed by atoms with Crippen molar-refractivity contribution < 1.29 is 19.1 Å². The highest BCUT2D eigenvalue weighted by molar-refractivity contribution is 6.36. The van der Waals surface area contributed by atoms with E-state index in [1.54, 1.807) is 36.4 Å². The first-order chi connectivity index (χ1) is 18.1. The van der Waals surface area contributed by atoms with Gasteiger partial charge in [-0.2, -0.15) is 0 Å². The van der Waals surface area contributed by atoms with Gasteiger partial charge in [0, 0.05) is 22.1 Å². The summed E-state index contributed by atoms with van der Waals surface area (Å²) >= 11 is 0. The van der Waals surface area contributed by atoms with E-state index in [9.17, 15) is 14.4 Å². The lowest BCUT2D eigenvalue weighted by molar-refractivity contribution is -0.130. The zero-order chi connectivity index (χ0) is 25.4. The predicted octanol–water partition coefficient (Wildman–Crippen LogP) is 6.22. The molecule has 0 N–H and O–H groups in total. The van der Waals surface area contributed by atoms with Gasteiger partial charge in [-0.05, 0) is 72.2 Å². The van der Waals surface area contributed by atoms with E-state index in [0.717, 1.165) is 23.8 Å². The molecular weight excluding hydrogens is 462 g/mol. The smallest absolute Gasteiger partial charge is 0.339 e. The number of aryl methyl sites for hydroxylation is 2. The number of benzene rings is 4. The van der Waals surface area contributed by atoms with Crippen LogP contribution in [-0.4, -0.2) is 17.8 Å². The van der Waals surface area contributed by atoms with E-state index < -0.39 is 5.97 Å². The average molecular weight is 486 g/mol. The number of ether oxygens (including phenoxy) is 1. The maximum Gasteiger partial charge on any atom is 0.339 e. The number of nitrogens with zero attached hydrogens (tertiary/aromatic N) is 1. The minimum absolute atomic E-state index is 0.351. The summed E-state index contributed by atoms with van der Waals surface area (Å²) in [6, 6.07) is 26.1. The number of carbonyl (C=O) groups excluding carboxylic acids is 3. The van der Waals surface area contributed by atoms with Gasteiger partial charge < -0.3 is 4.74 Å². The largest absolute Gasteiger partial charge is 0.423 e. The highest BCUT2D eigenvalue weighted by Crippen LogP contribution is 2.35. The molecule has 5 heteroatoms. The van der Waals surface area contributed by atoms with Gasteiger partial charge in [0.15, 0.2) is 0 Å². The van der Waals surface area contributed by atoms with Gasteiger partial charge in [0.2, 0.25) is 0 Å². The first-order valence-electron chi connectivity index (χ1n) is 12.3. The molecule has 0 fully saturated rings. The fraction of sp³-hybridized carbons (Fsp3) is 0.0938. The first kappa shape index (κ1) is 22.7. The summed E-state index contributed by atoms with van der Waals surface area (Å²) in [5.74, 6) is -0.791. The summed E-state index contributed by atoms with van der Waals surface area (Å²) in [5, 5.41) is 1.65. The van der Waals surface area contributed by atoms with Gasteiger partial charge in [0.25, 0.3) is 11.8 Å². The Kier molecular flexibility index (Phi) is 5.73. The van der Waals surface area contributed by atoms with Crippen molar-refractivity contribution in [3.05, 3.63) is 131 Å². The molecule has 6 rings (SSSR count). The molecule has 0 unspecified atom stereocenters. The topological polar surface area (TPSA) is 63.7 Å². The molecule has 0 bridgehead atoms. The van der Waals surface area contributed by atoms with E-state index in [1.165, 1.54) is 10.5 Å². The molecule has 2 amide bonds. The molecule has 4 aromatic carbocycles. The Bertz CT molecular complexity index is 1590. The van der Waals surface area contributed by atoms with Crippen molar-refractivity contribution in [1.29, 1.82) is 0 Å². The summed E-state index contributed by atoms with van der Waals surface area (Å²) in [4.78, 5) is 40.5. The van der Waals surface area contributed by atoms with E-state index in [2.05, 4.69) is 12.1 Å². The molecule has 5 nitrogen and oxygen atoms in total. The molecule has 4 aromatic rings. The Morgan fingerprint density at radius 2 is 1.54 bits per heavy atom. The van der Waals surface area contributed by atoms with E-state index in [-0.39, 0.29) is 11.8 Å². The van der Waals surface area contributed by atoms with Gasteiger partial charge in [-0.15, -0.1) is 0 Å². The van der Waals surface area contributed by atoms with Crippen molar-refractivity contribution in [3.63, 3.8) is 0 Å². The molecule has 1 aliphatic heterocycles. The van der Waals surface area contributed by atoms with Crippen LogP contribution in [0.1, 0.15) is 38.3 Å². The number of hydrogen-bond donors (Lipinski definition) is 0. The van der Waals surface area contributed by atoms with Crippen LogP contribution >= 0.6 is 0 Å². The van der Waals surface area contributed by atoms with Gasteiger partial charge in [-0.25, -0.2) is 9.69 Å². The van der Waals surface area contributed by atoms with Crippen LogP contribution in [0.3, 0.4) is 0 Å². The number of hydrogen-bond acceptors (Lipinski definition) is 4. The lowest BCUT2D eigenvalue weighted by Crippen LogP contribution is -2.40. The summed E-state index contributed by atoms with van der Waals surface area (Å²) in [5.41, 5.74) is 4.37. The number of amides is 2. The molecule has 0 saturated carbocycles. The van der Waals surface area contributed by atoms with E-state index in [4.69, 9.17) is 4.74 Å². The van der Waals surface area contributed by atoms with Gasteiger partial charge in [0.05, 0.1) is 5.69 Å². The SMILES string of the molecule is O=C(Oc1ccc(N2C(=O)c3cccc4c(CCc5ccccc5)ccc(c34)C2=O)cc1)C1=CC=CC1. The van der Waals surface area contributed by atoms with Crippen molar-refractivity contribution in [1.82, 2.24) is 0 Å². The molecule has 1 heterocycles. The molecule has 2 aliphatic rings. The Morgan fingerprint density at radius 3 is 2.27 bits per heavy atom. The minimum atomic E-state index is -0.411. The van der Waals surface area contributed by atoms with Crippen LogP contribution in [0.4, 0.5) is 5.69 Å². The lowest BCUT2D eigenvalue weighted by atomic mass is 9.89. The summed E-state index contributed by atoms with van der Waals surface area (Å²) < 4.78 is 5.43. The minimum Gasteiger partial charge on any atom is -0.423 e. The third-order valence-corrected chi connectivity index (χ3v) is 6.86. The van der Waals surface area contributed by atoms with Crippen LogP contribution in [0.25, 0.3) is 10.8 Å². The second-order valence-electron chi connectivity index (χ2n) is 9.14. The second kappa shape index (κ2) is 9.36. The van der Waals surface area contributed by atoms with Gasteiger partial charge >= 0.3 is 5.97 Å². The highest BCUT2D eigenvalue weighted by atomic mass is 16.5. The third-order valence-electron chi connectivity index (χ3n) is 6.86. The normalized spacial score (nSPS) is 14.3. The van der Waals surface area contributed by atoms with Gasteiger partial charge in [0.1, 0.15) is 5.75 Å². The molecule has 0 radical (unpaired) electrons. The van der Waals surface area contributed by atoms with E-state index >= 15 is 0 Å². The molecular formula is C32H23NO4. The zero-order valence-corrected chi connectivity index (χ0v) is 20.0. The number of carbonyl (C=O) groups is 3.